The van der Waals surface area contributed by atoms with Crippen molar-refractivity contribution in [3.8, 4) is 5.69 Å². The number of benzene rings is 2. The number of aromatic nitrogens is 2. The highest BCUT2D eigenvalue weighted by atomic mass is 19.1. The van der Waals surface area contributed by atoms with E-state index in [0.29, 0.717) is 24.1 Å². The van der Waals surface area contributed by atoms with Gasteiger partial charge in [0.2, 0.25) is 11.5 Å². The van der Waals surface area contributed by atoms with Crippen LogP contribution in [0.5, 0.6) is 0 Å². The van der Waals surface area contributed by atoms with Gasteiger partial charge >= 0.3 is 5.69 Å². The molecule has 12 heteroatoms. The number of fused-ring (bicyclic) bond motifs is 1. The van der Waals surface area contributed by atoms with E-state index in [1.807, 2.05) is 13.8 Å². The molecule has 41 heavy (non-hydrogen) atoms. The number of carbonyl (C=O) groups is 2. The van der Waals surface area contributed by atoms with Crippen molar-refractivity contribution in [2.45, 2.75) is 59.1 Å². The van der Waals surface area contributed by atoms with Crippen LogP contribution in [0.15, 0.2) is 57.0 Å². The standard InChI is InChI=1S/C27H26FN5O6.C2H6/c1-14-8-11-20(19(28)12-14)30-23-21-22(27(3,39-38)25(36)31(23)4)32(26(37)33(24(21)35)17-9-10-17)18-7-5-6-16(13-18)29-15(2)34;1-2/h5-8,11-13,17,38H,9-10H2,1-4H3,(H,29,34);1-2H3. The number of anilines is 1. The first-order valence-electron chi connectivity index (χ1n) is 13.2. The van der Waals surface area contributed by atoms with Gasteiger partial charge in [0.1, 0.15) is 17.1 Å². The number of hydrogen-bond acceptors (Lipinski definition) is 7. The molecule has 3 aromatic rings. The summed E-state index contributed by atoms with van der Waals surface area (Å²) in [4.78, 5) is 63.2. The summed E-state index contributed by atoms with van der Waals surface area (Å²) in [5.41, 5.74) is -3.13. The van der Waals surface area contributed by atoms with E-state index >= 15 is 0 Å². The van der Waals surface area contributed by atoms with Crippen molar-refractivity contribution < 1.29 is 24.1 Å². The lowest BCUT2D eigenvalue weighted by atomic mass is 9.90. The minimum Gasteiger partial charge on any atom is -0.326 e. The van der Waals surface area contributed by atoms with Crippen LogP contribution in [0.2, 0.25) is 0 Å². The van der Waals surface area contributed by atoms with Gasteiger partial charge in [-0.3, -0.25) is 33.7 Å². The average molecular weight is 566 g/mol. The molecule has 2 aliphatic rings. The second-order valence-corrected chi connectivity index (χ2v) is 9.86. The molecule has 1 aromatic heterocycles. The van der Waals surface area contributed by atoms with Crippen LogP contribution in [0.3, 0.4) is 0 Å². The summed E-state index contributed by atoms with van der Waals surface area (Å²) in [7, 11) is 1.32. The third-order valence-corrected chi connectivity index (χ3v) is 6.85. The lowest BCUT2D eigenvalue weighted by Crippen LogP contribution is -2.59. The van der Waals surface area contributed by atoms with Crippen LogP contribution in [-0.2, 0) is 20.1 Å². The minimum atomic E-state index is -2.21. The summed E-state index contributed by atoms with van der Waals surface area (Å²) < 4.78 is 17.0. The Morgan fingerprint density at radius 3 is 2.41 bits per heavy atom. The fourth-order valence-corrected chi connectivity index (χ4v) is 4.81. The predicted molar refractivity (Wildman–Crippen MR) is 151 cm³/mol. The molecule has 0 spiro atoms. The van der Waals surface area contributed by atoms with Gasteiger partial charge in [-0.15, -0.1) is 0 Å². The lowest BCUT2D eigenvalue weighted by Gasteiger charge is -2.38. The summed E-state index contributed by atoms with van der Waals surface area (Å²) >= 11 is 0. The van der Waals surface area contributed by atoms with Gasteiger partial charge in [0.15, 0.2) is 5.84 Å². The zero-order valence-corrected chi connectivity index (χ0v) is 23.7. The number of nitrogens with one attached hydrogen (secondary N) is 1. The van der Waals surface area contributed by atoms with E-state index in [0.717, 1.165) is 14.0 Å². The van der Waals surface area contributed by atoms with Crippen molar-refractivity contribution >= 4 is 29.0 Å². The molecule has 2 aromatic carbocycles. The summed E-state index contributed by atoms with van der Waals surface area (Å²) in [5.74, 6) is -2.08. The largest absolute Gasteiger partial charge is 0.336 e. The van der Waals surface area contributed by atoms with Gasteiger partial charge in [-0.2, -0.15) is 0 Å². The first kappa shape index (κ1) is 29.6. The zero-order chi connectivity index (χ0) is 30.2. The number of amides is 2. The number of rotatable bonds is 5. The number of aryl methyl sites for hydroxylation is 1. The fourth-order valence-electron chi connectivity index (χ4n) is 4.81. The number of likely N-dealkylation sites (N-methyl/N-ethyl adjacent to an activating group) is 1. The molecule has 11 nitrogen and oxygen atoms in total. The van der Waals surface area contributed by atoms with Crippen molar-refractivity contribution in [2.24, 2.45) is 4.99 Å². The summed E-state index contributed by atoms with van der Waals surface area (Å²) in [6.45, 7) is 8.26. The maximum atomic E-state index is 14.9. The number of halogens is 1. The maximum absolute atomic E-state index is 14.9. The smallest absolute Gasteiger partial charge is 0.326 e. The SMILES string of the molecule is CC.CC(=O)Nc1cccc(-n2c3c(c(=O)n(C4CC4)c2=O)C(=Nc2ccc(C)cc2F)N(C)C(=O)C3(C)OO)c1. The zero-order valence-electron chi connectivity index (χ0n) is 23.7. The van der Waals surface area contributed by atoms with Crippen LogP contribution in [0.1, 0.15) is 63.4 Å². The summed E-state index contributed by atoms with van der Waals surface area (Å²) in [6.07, 6.45) is 1.17. The third-order valence-electron chi connectivity index (χ3n) is 6.85. The molecule has 0 saturated heterocycles. The van der Waals surface area contributed by atoms with E-state index in [-0.39, 0.29) is 40.4 Å². The summed E-state index contributed by atoms with van der Waals surface area (Å²) in [5, 5.41) is 12.7. The Kier molecular flexibility index (Phi) is 8.09. The van der Waals surface area contributed by atoms with Crippen molar-refractivity contribution in [3.05, 3.63) is 85.9 Å². The quantitative estimate of drug-likeness (QED) is 0.354. The molecule has 1 aliphatic heterocycles. The van der Waals surface area contributed by atoms with Crippen LogP contribution in [-0.4, -0.2) is 44.0 Å². The van der Waals surface area contributed by atoms with E-state index in [4.69, 9.17) is 4.89 Å². The molecule has 1 fully saturated rings. The Morgan fingerprint density at radius 1 is 1.15 bits per heavy atom. The van der Waals surface area contributed by atoms with E-state index < -0.39 is 28.6 Å². The van der Waals surface area contributed by atoms with Gasteiger partial charge in [-0.25, -0.2) is 19.1 Å². The van der Waals surface area contributed by atoms with Crippen molar-refractivity contribution in [1.29, 1.82) is 0 Å². The Morgan fingerprint density at radius 2 is 1.83 bits per heavy atom. The van der Waals surface area contributed by atoms with Crippen LogP contribution < -0.4 is 16.6 Å². The van der Waals surface area contributed by atoms with Gasteiger partial charge in [-0.1, -0.05) is 26.0 Å². The second-order valence-electron chi connectivity index (χ2n) is 9.86. The number of amidine groups is 1. The maximum Gasteiger partial charge on any atom is 0.336 e. The first-order valence-corrected chi connectivity index (χ1v) is 13.2. The van der Waals surface area contributed by atoms with Crippen molar-refractivity contribution in [1.82, 2.24) is 14.0 Å². The molecule has 1 unspecified atom stereocenters. The Balaban J connectivity index is 0.00000189. The normalized spacial score (nSPS) is 19.0. The monoisotopic (exact) mass is 565 g/mol. The average Bonchev–Trinajstić information content (AvgIpc) is 3.77. The summed E-state index contributed by atoms with van der Waals surface area (Å²) in [6, 6.07) is 10.1. The van der Waals surface area contributed by atoms with Gasteiger partial charge in [0.05, 0.1) is 11.4 Å². The number of carbonyl (C=O) groups excluding carboxylic acids is 2. The van der Waals surface area contributed by atoms with Gasteiger partial charge in [0, 0.05) is 25.7 Å². The highest BCUT2D eigenvalue weighted by molar-refractivity contribution is 6.15. The van der Waals surface area contributed by atoms with Crippen molar-refractivity contribution in [3.63, 3.8) is 0 Å². The van der Waals surface area contributed by atoms with Crippen LogP contribution >= 0.6 is 0 Å². The highest BCUT2D eigenvalue weighted by Crippen LogP contribution is 2.38. The Labute approximate surface area is 235 Å². The van der Waals surface area contributed by atoms with E-state index in [1.54, 1.807) is 31.2 Å². The minimum absolute atomic E-state index is 0.127. The molecule has 2 heterocycles. The second kappa shape index (κ2) is 11.2. The topological polar surface area (TPSA) is 135 Å². The van der Waals surface area contributed by atoms with Gasteiger partial charge in [-0.05, 0) is 62.6 Å². The molecule has 216 valence electrons. The highest BCUT2D eigenvalue weighted by Gasteiger charge is 2.52. The lowest BCUT2D eigenvalue weighted by molar-refractivity contribution is -0.316. The molecule has 5 rings (SSSR count). The van der Waals surface area contributed by atoms with E-state index in [2.05, 4.69) is 10.3 Å². The van der Waals surface area contributed by atoms with Gasteiger partial charge in [0.25, 0.3) is 11.5 Å². The number of nitrogens with zero attached hydrogens (tertiary/aromatic N) is 4. The van der Waals surface area contributed by atoms with Crippen LogP contribution in [0, 0.1) is 12.7 Å². The number of aliphatic imine (C=N–C) groups is 1. The molecule has 1 saturated carbocycles. The molecule has 2 amide bonds. The Hall–Kier alpha value is -4.42. The molecular formula is C29H32FN5O6. The Bertz CT molecular complexity index is 1690. The molecule has 0 radical (unpaired) electrons. The van der Waals surface area contributed by atoms with E-state index in [9.17, 15) is 28.8 Å². The fraction of sp³-hybridized carbons (Fsp3) is 0.345. The van der Waals surface area contributed by atoms with Crippen LogP contribution in [0.25, 0.3) is 5.69 Å². The predicted octanol–water partition coefficient (Wildman–Crippen LogP) is 4.02. The van der Waals surface area contributed by atoms with Crippen molar-refractivity contribution in [2.75, 3.05) is 12.4 Å². The first-order chi connectivity index (χ1) is 19.5. The molecule has 1 atom stereocenters. The number of hydrogen-bond donors (Lipinski definition) is 2. The molecule has 0 bridgehead atoms. The molecular weight excluding hydrogens is 533 g/mol. The van der Waals surface area contributed by atoms with Crippen LogP contribution in [0.4, 0.5) is 15.8 Å². The third kappa shape index (κ3) is 5.11. The molecule has 2 N–H and O–H groups in total. The molecule has 1 aliphatic carbocycles. The van der Waals surface area contributed by atoms with E-state index in [1.165, 1.54) is 39.1 Å². The van der Waals surface area contributed by atoms with Gasteiger partial charge < -0.3 is 5.32 Å².